The first-order chi connectivity index (χ1) is 16.5. The molecule has 0 bridgehead atoms. The number of aromatic nitrogens is 1. The smallest absolute Gasteiger partial charge is 0.271 e. The normalized spacial score (nSPS) is 15.7. The second-order valence-corrected chi connectivity index (χ2v) is 9.95. The lowest BCUT2D eigenvalue weighted by atomic mass is 9.90. The fraction of sp³-hybridized carbons (Fsp3) is 0.148. The Balaban J connectivity index is 1.70. The molecule has 0 saturated heterocycles. The van der Waals surface area contributed by atoms with Gasteiger partial charge >= 0.3 is 0 Å². The molecule has 4 aromatic rings. The molecule has 7 heteroatoms. The number of fused-ring (bicyclic) bond motifs is 1. The number of Topliss-reactive ketones (excluding diaryl/α,β-unsaturated/α-hetero) is 1. The van der Waals surface area contributed by atoms with Gasteiger partial charge in [-0.05, 0) is 47.7 Å². The lowest BCUT2D eigenvalue weighted by Crippen LogP contribution is -2.39. The molecular weight excluding hydrogens is 464 g/mol. The summed E-state index contributed by atoms with van der Waals surface area (Å²) in [6.45, 7) is 1.85. The van der Waals surface area contributed by atoms with Crippen molar-refractivity contribution in [1.82, 2.24) is 4.57 Å². The van der Waals surface area contributed by atoms with E-state index in [4.69, 9.17) is 9.73 Å². The summed E-state index contributed by atoms with van der Waals surface area (Å²) in [7, 11) is 1.61. The monoisotopic (exact) mass is 486 g/mol. The van der Waals surface area contributed by atoms with E-state index in [-0.39, 0.29) is 17.8 Å². The summed E-state index contributed by atoms with van der Waals surface area (Å²) in [4.78, 5) is 33.6. The van der Waals surface area contributed by atoms with Gasteiger partial charge in [0.05, 0.1) is 17.7 Å². The van der Waals surface area contributed by atoms with Gasteiger partial charge in [-0.2, -0.15) is 0 Å². The van der Waals surface area contributed by atoms with Crippen molar-refractivity contribution >= 4 is 34.5 Å². The summed E-state index contributed by atoms with van der Waals surface area (Å²) >= 11 is 2.92. The van der Waals surface area contributed by atoms with Crippen molar-refractivity contribution in [1.29, 1.82) is 0 Å². The van der Waals surface area contributed by atoms with E-state index < -0.39 is 6.04 Å². The Morgan fingerprint density at radius 3 is 2.68 bits per heavy atom. The van der Waals surface area contributed by atoms with Crippen LogP contribution in [0.25, 0.3) is 6.08 Å². The number of nitrogens with zero attached hydrogens (tertiary/aromatic N) is 2. The maximum Gasteiger partial charge on any atom is 0.271 e. The number of thiazole rings is 1. The molecule has 0 radical (unpaired) electrons. The third-order valence-electron chi connectivity index (χ3n) is 5.76. The molecular formula is C27H22N2O3S2. The fourth-order valence-electron chi connectivity index (χ4n) is 4.18. The molecule has 0 amide bonds. The Morgan fingerprint density at radius 1 is 1.12 bits per heavy atom. The number of rotatable bonds is 6. The van der Waals surface area contributed by atoms with Crippen LogP contribution >= 0.6 is 22.7 Å². The van der Waals surface area contributed by atoms with Gasteiger partial charge in [0.2, 0.25) is 0 Å². The van der Waals surface area contributed by atoms with Crippen molar-refractivity contribution in [2.75, 3.05) is 7.11 Å². The van der Waals surface area contributed by atoms with Crippen LogP contribution in [0.2, 0.25) is 0 Å². The molecule has 2 aromatic carbocycles. The van der Waals surface area contributed by atoms with E-state index in [0.717, 1.165) is 16.0 Å². The minimum absolute atomic E-state index is 0.0483. The zero-order chi connectivity index (χ0) is 23.7. The number of carbonyl (C=O) groups is 1. The summed E-state index contributed by atoms with van der Waals surface area (Å²) < 4.78 is 7.70. The number of methoxy groups -OCH3 is 1. The predicted octanol–water partition coefficient (Wildman–Crippen LogP) is 4.12. The van der Waals surface area contributed by atoms with Crippen molar-refractivity contribution in [2.45, 2.75) is 19.4 Å². The number of thiophene rings is 1. The highest BCUT2D eigenvalue weighted by molar-refractivity contribution is 7.11. The highest BCUT2D eigenvalue weighted by atomic mass is 32.1. The summed E-state index contributed by atoms with van der Waals surface area (Å²) in [5.74, 6) is 0.621. The molecule has 0 aliphatic carbocycles. The Labute approximate surface area is 204 Å². The van der Waals surface area contributed by atoms with Gasteiger partial charge in [-0.25, -0.2) is 4.99 Å². The van der Waals surface area contributed by atoms with Gasteiger partial charge in [-0.1, -0.05) is 59.9 Å². The van der Waals surface area contributed by atoms with Gasteiger partial charge in [-0.3, -0.25) is 14.2 Å². The number of ketones is 1. The van der Waals surface area contributed by atoms with Crippen LogP contribution in [0.5, 0.6) is 5.75 Å². The number of ether oxygens (including phenoxy) is 1. The van der Waals surface area contributed by atoms with Gasteiger partial charge in [0.15, 0.2) is 10.6 Å². The molecule has 2 aromatic heterocycles. The molecule has 0 fully saturated rings. The van der Waals surface area contributed by atoms with E-state index >= 15 is 0 Å². The maximum absolute atomic E-state index is 13.6. The molecule has 1 aliphatic heterocycles. The Bertz CT molecular complexity index is 1560. The Kier molecular flexibility index (Phi) is 6.13. The SMILES string of the molecule is COc1cccc(C2C(C(=O)Cc3ccccc3)=C(C)N=c3s/c(=C/c4cccs4)c(=O)n32)c1. The van der Waals surface area contributed by atoms with Gasteiger partial charge < -0.3 is 4.74 Å². The molecule has 5 rings (SSSR count). The van der Waals surface area contributed by atoms with Gasteiger partial charge in [-0.15, -0.1) is 11.3 Å². The van der Waals surface area contributed by atoms with Crippen molar-refractivity contribution in [3.63, 3.8) is 0 Å². The van der Waals surface area contributed by atoms with Gasteiger partial charge in [0.25, 0.3) is 5.56 Å². The zero-order valence-electron chi connectivity index (χ0n) is 18.7. The molecule has 0 N–H and O–H groups in total. The lowest BCUT2D eigenvalue weighted by molar-refractivity contribution is -0.115. The minimum Gasteiger partial charge on any atom is -0.497 e. The standard InChI is InChI=1S/C27H22N2O3S2/c1-17-24(22(30)14-18-8-4-3-5-9-18)25(19-10-6-11-20(15-19)32-2)29-26(31)23(34-27(29)28-17)16-21-12-7-13-33-21/h3-13,15-16,25H,14H2,1-2H3/b23-16+. The number of allylic oxidation sites excluding steroid dienone is 2. The molecule has 0 spiro atoms. The van der Waals surface area contributed by atoms with Crippen molar-refractivity contribution in [3.05, 3.63) is 119 Å². The third kappa shape index (κ3) is 4.20. The van der Waals surface area contributed by atoms with Crippen LogP contribution in [-0.4, -0.2) is 17.5 Å². The molecule has 1 atom stereocenters. The van der Waals surface area contributed by atoms with Crippen molar-refractivity contribution in [3.8, 4) is 5.75 Å². The molecule has 34 heavy (non-hydrogen) atoms. The van der Waals surface area contributed by atoms with Gasteiger partial charge in [0, 0.05) is 22.6 Å². The summed E-state index contributed by atoms with van der Waals surface area (Å²) in [5.41, 5.74) is 2.76. The van der Waals surface area contributed by atoms with E-state index in [1.54, 1.807) is 23.0 Å². The number of hydrogen-bond donors (Lipinski definition) is 0. The first kappa shape index (κ1) is 22.3. The quantitative estimate of drug-likeness (QED) is 0.412. The first-order valence-corrected chi connectivity index (χ1v) is 12.5. The molecule has 5 nitrogen and oxygen atoms in total. The summed E-state index contributed by atoms with van der Waals surface area (Å²) in [5, 5.41) is 1.98. The topological polar surface area (TPSA) is 60.7 Å². The van der Waals surface area contributed by atoms with Gasteiger partial charge in [0.1, 0.15) is 5.75 Å². The largest absolute Gasteiger partial charge is 0.497 e. The van der Waals surface area contributed by atoms with Crippen LogP contribution in [0.3, 0.4) is 0 Å². The number of benzene rings is 2. The van der Waals surface area contributed by atoms with Crippen LogP contribution in [0.1, 0.15) is 29.0 Å². The van der Waals surface area contributed by atoms with Crippen LogP contribution in [0.4, 0.5) is 0 Å². The number of carbonyl (C=O) groups excluding carboxylic acids is 1. The van der Waals surface area contributed by atoms with Crippen LogP contribution in [0, 0.1) is 0 Å². The second-order valence-electron chi connectivity index (χ2n) is 7.96. The Morgan fingerprint density at radius 2 is 1.94 bits per heavy atom. The highest BCUT2D eigenvalue weighted by Crippen LogP contribution is 2.32. The van der Waals surface area contributed by atoms with Crippen molar-refractivity contribution < 1.29 is 9.53 Å². The molecule has 1 aliphatic rings. The summed E-state index contributed by atoms with van der Waals surface area (Å²) in [6.07, 6.45) is 2.13. The van der Waals surface area contributed by atoms with E-state index in [1.165, 1.54) is 11.3 Å². The van der Waals surface area contributed by atoms with Crippen LogP contribution < -0.4 is 19.6 Å². The van der Waals surface area contributed by atoms with Crippen molar-refractivity contribution in [2.24, 2.45) is 4.99 Å². The van der Waals surface area contributed by atoms with E-state index in [2.05, 4.69) is 0 Å². The summed E-state index contributed by atoms with van der Waals surface area (Å²) in [6, 6.07) is 20.5. The first-order valence-electron chi connectivity index (χ1n) is 10.8. The van der Waals surface area contributed by atoms with E-state index in [1.807, 2.05) is 85.1 Å². The second kappa shape index (κ2) is 9.37. The predicted molar refractivity (Wildman–Crippen MR) is 136 cm³/mol. The maximum atomic E-state index is 13.6. The van der Waals surface area contributed by atoms with Crippen LogP contribution in [0.15, 0.2) is 93.2 Å². The van der Waals surface area contributed by atoms with E-state index in [9.17, 15) is 9.59 Å². The third-order valence-corrected chi connectivity index (χ3v) is 7.56. The average molecular weight is 487 g/mol. The van der Waals surface area contributed by atoms with E-state index in [0.29, 0.717) is 26.4 Å². The fourth-order valence-corrected chi connectivity index (χ4v) is 5.95. The Hall–Kier alpha value is -3.55. The zero-order valence-corrected chi connectivity index (χ0v) is 20.4. The molecule has 1 unspecified atom stereocenters. The molecule has 3 heterocycles. The minimum atomic E-state index is -0.576. The average Bonchev–Trinajstić information content (AvgIpc) is 3.47. The lowest BCUT2D eigenvalue weighted by Gasteiger charge is -2.25. The van der Waals surface area contributed by atoms with Crippen LogP contribution in [-0.2, 0) is 11.2 Å². The highest BCUT2D eigenvalue weighted by Gasteiger charge is 2.32. The molecule has 0 saturated carbocycles. The molecule has 170 valence electrons. The number of hydrogen-bond acceptors (Lipinski definition) is 6.